The minimum Gasteiger partial charge on any atom is -0.494 e. The number of rotatable bonds is 6. The summed E-state index contributed by atoms with van der Waals surface area (Å²) < 4.78 is 7.66. The summed E-state index contributed by atoms with van der Waals surface area (Å²) in [6.07, 6.45) is 1.39. The molecule has 1 N–H and O–H groups in total. The predicted molar refractivity (Wildman–Crippen MR) is 113 cm³/mol. The van der Waals surface area contributed by atoms with Crippen molar-refractivity contribution >= 4 is 32.6 Å². The molecular formula is C21H18N4O3S. The van der Waals surface area contributed by atoms with Crippen LogP contribution in [-0.4, -0.2) is 27.0 Å². The molecule has 0 saturated carbocycles. The molecule has 2 aromatic heterocycles. The molecule has 0 aliphatic carbocycles. The molecule has 7 nitrogen and oxygen atoms in total. The van der Waals surface area contributed by atoms with E-state index in [0.29, 0.717) is 17.4 Å². The van der Waals surface area contributed by atoms with Gasteiger partial charge in [-0.3, -0.25) is 14.2 Å². The Hall–Kier alpha value is -3.52. The second-order valence-electron chi connectivity index (χ2n) is 6.24. The van der Waals surface area contributed by atoms with Crippen molar-refractivity contribution < 1.29 is 9.53 Å². The highest BCUT2D eigenvalue weighted by Gasteiger charge is 2.11. The maximum absolute atomic E-state index is 12.4. The molecule has 0 unspecified atom stereocenters. The molecule has 4 aromatic rings. The van der Waals surface area contributed by atoms with Gasteiger partial charge in [0.25, 0.3) is 5.56 Å². The molecule has 0 aliphatic heterocycles. The first-order chi connectivity index (χ1) is 14.1. The number of benzene rings is 2. The Bertz CT molecular complexity index is 1220. The van der Waals surface area contributed by atoms with Crippen LogP contribution >= 0.6 is 11.3 Å². The fraction of sp³-hybridized carbons (Fsp3) is 0.143. The number of carbonyl (C=O) groups excluding carboxylic acids is 1. The minimum atomic E-state index is -0.342. The highest BCUT2D eigenvalue weighted by molar-refractivity contribution is 7.22. The van der Waals surface area contributed by atoms with E-state index in [4.69, 9.17) is 4.74 Å². The predicted octanol–water partition coefficient (Wildman–Crippen LogP) is 3.56. The molecule has 0 spiro atoms. The molecule has 0 saturated heterocycles. The molecule has 146 valence electrons. The van der Waals surface area contributed by atoms with Gasteiger partial charge in [-0.15, -0.1) is 0 Å². The number of nitrogens with one attached hydrogen (secondary N) is 1. The Morgan fingerprint density at radius 3 is 2.76 bits per heavy atom. The summed E-state index contributed by atoms with van der Waals surface area (Å²) in [5.41, 5.74) is 1.91. The number of fused-ring (bicyclic) bond motifs is 1. The number of nitrogens with zero attached hydrogens (tertiary/aromatic N) is 3. The van der Waals surface area contributed by atoms with Gasteiger partial charge in [-0.05, 0) is 25.1 Å². The quantitative estimate of drug-likeness (QED) is 0.529. The Balaban J connectivity index is 1.47. The second kappa shape index (κ2) is 8.24. The van der Waals surface area contributed by atoms with Gasteiger partial charge in [0.2, 0.25) is 5.91 Å². The molecule has 8 heteroatoms. The van der Waals surface area contributed by atoms with Crippen molar-refractivity contribution in [3.8, 4) is 17.0 Å². The van der Waals surface area contributed by atoms with Gasteiger partial charge in [0.15, 0.2) is 5.13 Å². The monoisotopic (exact) mass is 406 g/mol. The van der Waals surface area contributed by atoms with Crippen LogP contribution in [0.2, 0.25) is 0 Å². The third-order valence-electron chi connectivity index (χ3n) is 4.18. The summed E-state index contributed by atoms with van der Waals surface area (Å²) in [5, 5.41) is 3.22. The van der Waals surface area contributed by atoms with E-state index >= 15 is 0 Å². The molecule has 0 bridgehead atoms. The fourth-order valence-electron chi connectivity index (χ4n) is 2.84. The molecule has 2 aromatic carbocycles. The van der Waals surface area contributed by atoms with E-state index in [0.717, 1.165) is 21.5 Å². The van der Waals surface area contributed by atoms with Crippen LogP contribution in [0.4, 0.5) is 5.13 Å². The maximum Gasteiger partial charge on any atom is 0.254 e. The van der Waals surface area contributed by atoms with E-state index in [1.165, 1.54) is 28.3 Å². The lowest BCUT2D eigenvalue weighted by Gasteiger charge is -2.06. The molecule has 2 heterocycles. The Labute approximate surface area is 170 Å². The molecule has 0 radical (unpaired) electrons. The summed E-state index contributed by atoms with van der Waals surface area (Å²) in [5.74, 6) is 0.420. The van der Waals surface area contributed by atoms with Crippen molar-refractivity contribution in [2.75, 3.05) is 11.9 Å². The van der Waals surface area contributed by atoms with Gasteiger partial charge in [0.05, 0.1) is 28.8 Å². The van der Waals surface area contributed by atoms with E-state index in [1.807, 2.05) is 55.5 Å². The van der Waals surface area contributed by atoms with Crippen molar-refractivity contribution in [1.82, 2.24) is 14.5 Å². The molecule has 4 rings (SSSR count). The number of anilines is 1. The summed E-state index contributed by atoms with van der Waals surface area (Å²) in [6.45, 7) is 2.37. The Morgan fingerprint density at radius 2 is 2.00 bits per heavy atom. The number of carbonyl (C=O) groups is 1. The molecule has 0 atom stereocenters. The second-order valence-corrected chi connectivity index (χ2v) is 7.27. The summed E-state index contributed by atoms with van der Waals surface area (Å²) >= 11 is 1.35. The van der Waals surface area contributed by atoms with Gasteiger partial charge in [-0.25, -0.2) is 9.97 Å². The van der Waals surface area contributed by atoms with Crippen molar-refractivity contribution in [3.63, 3.8) is 0 Å². The first kappa shape index (κ1) is 18.8. The lowest BCUT2D eigenvalue weighted by Crippen LogP contribution is -2.27. The van der Waals surface area contributed by atoms with Crippen LogP contribution in [-0.2, 0) is 11.3 Å². The summed E-state index contributed by atoms with van der Waals surface area (Å²) in [7, 11) is 0. The van der Waals surface area contributed by atoms with Crippen LogP contribution < -0.4 is 15.6 Å². The van der Waals surface area contributed by atoms with Crippen molar-refractivity contribution in [2.45, 2.75) is 13.5 Å². The van der Waals surface area contributed by atoms with Crippen LogP contribution in [0.25, 0.3) is 21.5 Å². The molecule has 1 amide bonds. The standard InChI is InChI=1S/C21H18N4O3S/c1-2-28-15-8-9-16-18(10-15)29-21(23-16)24-19(26)12-25-13-22-17(11-20(25)27)14-6-4-3-5-7-14/h3-11,13H,2,12H2,1H3,(H,23,24,26). The van der Waals surface area contributed by atoms with Crippen LogP contribution in [0, 0.1) is 0 Å². The van der Waals surface area contributed by atoms with Gasteiger partial charge >= 0.3 is 0 Å². The fourth-order valence-corrected chi connectivity index (χ4v) is 3.75. The SMILES string of the molecule is CCOc1ccc2nc(NC(=O)Cn3cnc(-c4ccccc4)cc3=O)sc2c1. The van der Waals surface area contributed by atoms with Crippen molar-refractivity contribution in [3.05, 3.63) is 71.3 Å². The third kappa shape index (κ3) is 4.33. The molecule has 0 fully saturated rings. The van der Waals surface area contributed by atoms with Gasteiger partial charge in [-0.2, -0.15) is 0 Å². The highest BCUT2D eigenvalue weighted by atomic mass is 32.1. The number of hydrogen-bond acceptors (Lipinski definition) is 6. The van der Waals surface area contributed by atoms with Gasteiger partial charge < -0.3 is 10.1 Å². The van der Waals surface area contributed by atoms with E-state index in [1.54, 1.807) is 0 Å². The summed E-state index contributed by atoms with van der Waals surface area (Å²) in [6, 6.07) is 16.4. The van der Waals surface area contributed by atoms with Crippen LogP contribution in [0.1, 0.15) is 6.92 Å². The lowest BCUT2D eigenvalue weighted by atomic mass is 10.1. The normalized spacial score (nSPS) is 10.8. The number of thiazole rings is 1. The topological polar surface area (TPSA) is 86.1 Å². The Kier molecular flexibility index (Phi) is 5.35. The summed E-state index contributed by atoms with van der Waals surface area (Å²) in [4.78, 5) is 33.4. The van der Waals surface area contributed by atoms with Crippen molar-refractivity contribution in [1.29, 1.82) is 0 Å². The van der Waals surface area contributed by atoms with Crippen molar-refractivity contribution in [2.24, 2.45) is 0 Å². The van der Waals surface area contributed by atoms with Gasteiger partial charge in [0, 0.05) is 11.6 Å². The third-order valence-corrected chi connectivity index (χ3v) is 5.11. The number of ether oxygens (including phenoxy) is 1. The zero-order chi connectivity index (χ0) is 20.2. The van der Waals surface area contributed by atoms with E-state index in [-0.39, 0.29) is 18.0 Å². The van der Waals surface area contributed by atoms with Crippen LogP contribution in [0.3, 0.4) is 0 Å². The zero-order valence-corrected chi connectivity index (χ0v) is 16.5. The Morgan fingerprint density at radius 1 is 1.17 bits per heavy atom. The minimum absolute atomic E-state index is 0.138. The molecule has 29 heavy (non-hydrogen) atoms. The van der Waals surface area contributed by atoms with E-state index < -0.39 is 0 Å². The average molecular weight is 406 g/mol. The number of hydrogen-bond donors (Lipinski definition) is 1. The number of amides is 1. The van der Waals surface area contributed by atoms with Crippen LogP contribution in [0.5, 0.6) is 5.75 Å². The van der Waals surface area contributed by atoms with E-state index in [9.17, 15) is 9.59 Å². The maximum atomic E-state index is 12.4. The van der Waals surface area contributed by atoms with Gasteiger partial charge in [0.1, 0.15) is 12.3 Å². The average Bonchev–Trinajstić information content (AvgIpc) is 3.12. The highest BCUT2D eigenvalue weighted by Crippen LogP contribution is 2.29. The molecule has 0 aliphatic rings. The van der Waals surface area contributed by atoms with Crippen LogP contribution in [0.15, 0.2) is 65.7 Å². The molecular weight excluding hydrogens is 388 g/mol. The lowest BCUT2D eigenvalue weighted by molar-refractivity contribution is -0.116. The van der Waals surface area contributed by atoms with E-state index in [2.05, 4.69) is 15.3 Å². The smallest absolute Gasteiger partial charge is 0.254 e. The number of aromatic nitrogens is 3. The first-order valence-corrected chi connectivity index (χ1v) is 9.89. The zero-order valence-electron chi connectivity index (χ0n) is 15.7. The van der Waals surface area contributed by atoms with Gasteiger partial charge in [-0.1, -0.05) is 41.7 Å². The first-order valence-electron chi connectivity index (χ1n) is 9.07. The largest absolute Gasteiger partial charge is 0.494 e.